The number of amides is 1. The first kappa shape index (κ1) is 19.9. The van der Waals surface area contributed by atoms with Crippen LogP contribution < -0.4 is 16.2 Å². The van der Waals surface area contributed by atoms with Crippen LogP contribution in [-0.4, -0.2) is 37.3 Å². The van der Waals surface area contributed by atoms with Crippen molar-refractivity contribution in [2.45, 2.75) is 6.54 Å². The highest BCUT2D eigenvalue weighted by Gasteiger charge is 2.07. The van der Waals surface area contributed by atoms with Crippen molar-refractivity contribution in [3.05, 3.63) is 64.6 Å². The fraction of sp³-hybridized carbons (Fsp3) is 0.294. The molecule has 0 saturated carbocycles. The van der Waals surface area contributed by atoms with Gasteiger partial charge in [-0.25, -0.2) is 0 Å². The van der Waals surface area contributed by atoms with Crippen LogP contribution in [0.1, 0.15) is 5.56 Å². The zero-order valence-electron chi connectivity index (χ0n) is 13.5. The van der Waals surface area contributed by atoms with E-state index in [0.29, 0.717) is 19.7 Å². The molecule has 130 valence electrons. The Hall–Kier alpha value is -2.15. The summed E-state index contributed by atoms with van der Waals surface area (Å²) in [5.74, 6) is -0.254. The van der Waals surface area contributed by atoms with Crippen molar-refractivity contribution >= 4 is 24.0 Å². The summed E-state index contributed by atoms with van der Waals surface area (Å²) in [4.78, 5) is 24.2. The molecule has 0 radical (unpaired) electrons. The van der Waals surface area contributed by atoms with E-state index in [2.05, 4.69) is 10.6 Å². The van der Waals surface area contributed by atoms with Gasteiger partial charge in [-0.05, 0) is 17.7 Å². The third kappa shape index (κ3) is 6.16. The van der Waals surface area contributed by atoms with Gasteiger partial charge in [-0.3, -0.25) is 9.59 Å². The monoisotopic (exact) mass is 351 g/mol. The van der Waals surface area contributed by atoms with Gasteiger partial charge >= 0.3 is 0 Å². The smallest absolute Gasteiger partial charge is 0.274 e. The SMILES string of the molecule is COCCNCC(=O)Nc1cccn(Cc2ccccc2)c1=O.Cl. The molecule has 2 aromatic rings. The summed E-state index contributed by atoms with van der Waals surface area (Å²) in [6.45, 7) is 1.71. The Morgan fingerprint density at radius 1 is 1.17 bits per heavy atom. The lowest BCUT2D eigenvalue weighted by Crippen LogP contribution is -2.33. The molecule has 1 heterocycles. The Balaban J connectivity index is 0.00000288. The molecule has 6 nitrogen and oxygen atoms in total. The number of pyridine rings is 1. The second-order valence-corrected chi connectivity index (χ2v) is 5.06. The van der Waals surface area contributed by atoms with Gasteiger partial charge in [-0.2, -0.15) is 0 Å². The van der Waals surface area contributed by atoms with Gasteiger partial charge in [0.2, 0.25) is 5.91 Å². The lowest BCUT2D eigenvalue weighted by molar-refractivity contribution is -0.115. The Bertz CT molecular complexity index is 689. The average Bonchev–Trinajstić information content (AvgIpc) is 2.56. The summed E-state index contributed by atoms with van der Waals surface area (Å²) in [6.07, 6.45) is 1.71. The minimum absolute atomic E-state index is 0. The Morgan fingerprint density at radius 2 is 1.92 bits per heavy atom. The molecule has 1 aromatic carbocycles. The summed E-state index contributed by atoms with van der Waals surface area (Å²) < 4.78 is 6.46. The van der Waals surface area contributed by atoms with Gasteiger partial charge in [0.25, 0.3) is 5.56 Å². The molecule has 2 rings (SSSR count). The number of nitrogens with zero attached hydrogens (tertiary/aromatic N) is 1. The summed E-state index contributed by atoms with van der Waals surface area (Å²) >= 11 is 0. The fourth-order valence-corrected chi connectivity index (χ4v) is 2.11. The maximum Gasteiger partial charge on any atom is 0.274 e. The Labute approximate surface area is 147 Å². The van der Waals surface area contributed by atoms with E-state index in [1.807, 2.05) is 30.3 Å². The van der Waals surface area contributed by atoms with Crippen LogP contribution in [0.2, 0.25) is 0 Å². The molecule has 0 atom stereocenters. The molecule has 0 aliphatic heterocycles. The van der Waals surface area contributed by atoms with E-state index in [0.717, 1.165) is 5.56 Å². The minimum atomic E-state index is -0.254. The predicted octanol–water partition coefficient (Wildman–Crippen LogP) is 1.49. The van der Waals surface area contributed by atoms with Crippen molar-refractivity contribution in [1.29, 1.82) is 0 Å². The van der Waals surface area contributed by atoms with E-state index in [9.17, 15) is 9.59 Å². The van der Waals surface area contributed by atoms with Crippen LogP contribution in [0.25, 0.3) is 0 Å². The number of halogens is 1. The van der Waals surface area contributed by atoms with Gasteiger partial charge in [0.05, 0.1) is 19.7 Å². The molecule has 1 aromatic heterocycles. The molecule has 0 saturated heterocycles. The third-order valence-electron chi connectivity index (χ3n) is 3.26. The quantitative estimate of drug-likeness (QED) is 0.707. The molecule has 0 fully saturated rings. The van der Waals surface area contributed by atoms with Crippen molar-refractivity contribution in [3.8, 4) is 0 Å². The molecule has 1 amide bonds. The largest absolute Gasteiger partial charge is 0.383 e. The number of methoxy groups -OCH3 is 1. The lowest BCUT2D eigenvalue weighted by atomic mass is 10.2. The molecule has 24 heavy (non-hydrogen) atoms. The topological polar surface area (TPSA) is 72.4 Å². The zero-order chi connectivity index (χ0) is 16.5. The van der Waals surface area contributed by atoms with Crippen LogP contribution in [-0.2, 0) is 16.1 Å². The highest BCUT2D eigenvalue weighted by Crippen LogP contribution is 2.03. The van der Waals surface area contributed by atoms with Crippen LogP contribution in [0.4, 0.5) is 5.69 Å². The molecule has 0 spiro atoms. The summed E-state index contributed by atoms with van der Waals surface area (Å²) in [6, 6.07) is 13.1. The van der Waals surface area contributed by atoms with Gasteiger partial charge in [0, 0.05) is 19.9 Å². The van der Waals surface area contributed by atoms with E-state index >= 15 is 0 Å². The summed E-state index contributed by atoms with van der Waals surface area (Å²) in [7, 11) is 1.60. The number of benzene rings is 1. The van der Waals surface area contributed by atoms with Gasteiger partial charge in [-0.1, -0.05) is 30.3 Å². The van der Waals surface area contributed by atoms with Crippen molar-refractivity contribution in [2.75, 3.05) is 32.1 Å². The van der Waals surface area contributed by atoms with E-state index in [4.69, 9.17) is 4.74 Å². The Kier molecular flexibility index (Phi) is 8.78. The van der Waals surface area contributed by atoms with Crippen molar-refractivity contribution in [1.82, 2.24) is 9.88 Å². The van der Waals surface area contributed by atoms with Crippen LogP contribution in [0.5, 0.6) is 0 Å². The average molecular weight is 352 g/mol. The standard InChI is InChI=1S/C17H21N3O3.ClH/c1-23-11-9-18-12-16(21)19-15-8-5-10-20(17(15)22)13-14-6-3-2-4-7-14;/h2-8,10,18H,9,11-13H2,1H3,(H,19,21);1H. The first-order valence-electron chi connectivity index (χ1n) is 7.43. The number of rotatable bonds is 8. The third-order valence-corrected chi connectivity index (χ3v) is 3.26. The Morgan fingerprint density at radius 3 is 2.62 bits per heavy atom. The maximum absolute atomic E-state index is 12.4. The number of aromatic nitrogens is 1. The number of carbonyl (C=O) groups is 1. The van der Waals surface area contributed by atoms with Crippen LogP contribution >= 0.6 is 12.4 Å². The van der Waals surface area contributed by atoms with Gasteiger partial charge in [0.15, 0.2) is 0 Å². The number of nitrogens with one attached hydrogen (secondary N) is 2. The summed E-state index contributed by atoms with van der Waals surface area (Å²) in [5, 5.41) is 5.57. The van der Waals surface area contributed by atoms with Crippen LogP contribution in [0.3, 0.4) is 0 Å². The molecule has 0 bridgehead atoms. The molecule has 7 heteroatoms. The van der Waals surface area contributed by atoms with Crippen molar-refractivity contribution < 1.29 is 9.53 Å². The molecular weight excluding hydrogens is 330 g/mol. The van der Waals surface area contributed by atoms with E-state index in [1.165, 1.54) is 0 Å². The molecule has 2 N–H and O–H groups in total. The van der Waals surface area contributed by atoms with E-state index in [1.54, 1.807) is 30.0 Å². The maximum atomic E-state index is 12.4. The van der Waals surface area contributed by atoms with Crippen molar-refractivity contribution in [3.63, 3.8) is 0 Å². The minimum Gasteiger partial charge on any atom is -0.383 e. The first-order valence-corrected chi connectivity index (χ1v) is 7.43. The van der Waals surface area contributed by atoms with Crippen molar-refractivity contribution in [2.24, 2.45) is 0 Å². The van der Waals surface area contributed by atoms with E-state index < -0.39 is 0 Å². The number of hydrogen-bond acceptors (Lipinski definition) is 4. The van der Waals surface area contributed by atoms with Gasteiger partial charge in [0.1, 0.15) is 5.69 Å². The molecule has 0 unspecified atom stereocenters. The zero-order valence-corrected chi connectivity index (χ0v) is 14.3. The highest BCUT2D eigenvalue weighted by molar-refractivity contribution is 5.92. The van der Waals surface area contributed by atoms with Crippen LogP contribution in [0, 0.1) is 0 Å². The number of ether oxygens (including phenoxy) is 1. The lowest BCUT2D eigenvalue weighted by Gasteiger charge is -2.10. The summed E-state index contributed by atoms with van der Waals surface area (Å²) in [5.41, 5.74) is 1.09. The van der Waals surface area contributed by atoms with E-state index in [-0.39, 0.29) is 36.1 Å². The first-order chi connectivity index (χ1) is 11.2. The predicted molar refractivity (Wildman–Crippen MR) is 96.9 cm³/mol. The number of anilines is 1. The second-order valence-electron chi connectivity index (χ2n) is 5.06. The van der Waals surface area contributed by atoms with Gasteiger partial charge < -0.3 is 19.9 Å². The molecule has 0 aliphatic carbocycles. The number of hydrogen-bond donors (Lipinski definition) is 2. The number of carbonyl (C=O) groups excluding carboxylic acids is 1. The van der Waals surface area contributed by atoms with Gasteiger partial charge in [-0.15, -0.1) is 12.4 Å². The second kappa shape index (κ2) is 10.6. The normalized spacial score (nSPS) is 10.0. The van der Waals surface area contributed by atoms with Crippen LogP contribution in [0.15, 0.2) is 53.5 Å². The molecule has 0 aliphatic rings. The molecular formula is C17H22ClN3O3. The highest BCUT2D eigenvalue weighted by atomic mass is 35.5. The fourth-order valence-electron chi connectivity index (χ4n) is 2.11.